The van der Waals surface area contributed by atoms with Gasteiger partial charge in [0, 0.05) is 24.5 Å². The van der Waals surface area contributed by atoms with Gasteiger partial charge < -0.3 is 26.0 Å². The van der Waals surface area contributed by atoms with Crippen molar-refractivity contribution in [1.82, 2.24) is 19.9 Å². The zero-order valence-electron chi connectivity index (χ0n) is 23.7. The number of nitrogens with two attached hydrogens (primary N) is 1. The van der Waals surface area contributed by atoms with Crippen LogP contribution in [0.15, 0.2) is 66.9 Å². The van der Waals surface area contributed by atoms with Gasteiger partial charge in [-0.25, -0.2) is 13.9 Å². The van der Waals surface area contributed by atoms with Crippen LogP contribution >= 0.6 is 11.6 Å². The minimum Gasteiger partial charge on any atom is -0.478 e. The quantitative estimate of drug-likeness (QED) is 0.291. The molecule has 14 heteroatoms. The van der Waals surface area contributed by atoms with Gasteiger partial charge in [0.25, 0.3) is 11.8 Å². The van der Waals surface area contributed by atoms with Gasteiger partial charge in [-0.3, -0.25) is 14.4 Å². The Balaban J connectivity index is 1.37. The van der Waals surface area contributed by atoms with E-state index in [2.05, 4.69) is 15.6 Å². The molecule has 230 valence electrons. The minimum absolute atomic E-state index is 0.00816. The number of halogens is 2. The summed E-state index contributed by atoms with van der Waals surface area (Å²) in [5, 5.41) is 19.8. The fraction of sp³-hybridized carbons (Fsp3) is 0.226. The largest absolute Gasteiger partial charge is 0.478 e. The van der Waals surface area contributed by atoms with Crippen molar-refractivity contribution in [3.63, 3.8) is 0 Å². The van der Waals surface area contributed by atoms with Crippen LogP contribution in [0.2, 0.25) is 5.02 Å². The highest BCUT2D eigenvalue weighted by Crippen LogP contribution is 2.38. The van der Waals surface area contributed by atoms with Crippen LogP contribution in [-0.4, -0.2) is 67.8 Å². The highest BCUT2D eigenvalue weighted by molar-refractivity contribution is 6.30. The maximum Gasteiger partial charge on any atom is 0.335 e. The fourth-order valence-electron chi connectivity index (χ4n) is 5.75. The number of nitrogens with one attached hydrogen (secondary N) is 1. The number of aromatic carboxylic acids is 1. The summed E-state index contributed by atoms with van der Waals surface area (Å²) < 4.78 is 15.8. The Hall–Kier alpha value is -5.14. The molecule has 3 amide bonds. The van der Waals surface area contributed by atoms with E-state index < -0.39 is 35.7 Å². The fourth-order valence-corrected chi connectivity index (χ4v) is 5.92. The molecule has 0 bridgehead atoms. The molecule has 45 heavy (non-hydrogen) atoms. The molecule has 0 aliphatic carbocycles. The zero-order chi connectivity index (χ0) is 31.8. The third-order valence-corrected chi connectivity index (χ3v) is 8.26. The molecule has 3 heterocycles. The third-order valence-electron chi connectivity index (χ3n) is 7.97. The lowest BCUT2D eigenvalue weighted by molar-refractivity contribution is -0.121. The number of carboxylic acid groups (broad SMARTS) is 1. The van der Waals surface area contributed by atoms with E-state index in [0.717, 1.165) is 16.7 Å². The molecule has 1 unspecified atom stereocenters. The van der Waals surface area contributed by atoms with Crippen LogP contribution in [0.5, 0.6) is 0 Å². The Morgan fingerprint density at radius 1 is 1.02 bits per heavy atom. The second-order valence-corrected chi connectivity index (χ2v) is 11.1. The summed E-state index contributed by atoms with van der Waals surface area (Å²) in [5.41, 5.74) is 8.16. The lowest BCUT2D eigenvalue weighted by Gasteiger charge is -2.39. The van der Waals surface area contributed by atoms with Crippen molar-refractivity contribution in [2.45, 2.75) is 31.3 Å². The molecule has 0 spiro atoms. The molecule has 4 N–H and O–H groups in total. The first-order valence-electron chi connectivity index (χ1n) is 14.1. The van der Waals surface area contributed by atoms with Crippen molar-refractivity contribution in [1.29, 1.82) is 0 Å². The second-order valence-electron chi connectivity index (χ2n) is 10.7. The Morgan fingerprint density at radius 2 is 1.76 bits per heavy atom. The van der Waals surface area contributed by atoms with E-state index in [1.807, 2.05) is 0 Å². The van der Waals surface area contributed by atoms with Crippen LogP contribution in [0.3, 0.4) is 0 Å². The Kier molecular flexibility index (Phi) is 8.04. The molecule has 1 aromatic heterocycles. The zero-order valence-corrected chi connectivity index (χ0v) is 24.4. The van der Waals surface area contributed by atoms with Gasteiger partial charge in [-0.1, -0.05) is 35.0 Å². The van der Waals surface area contributed by atoms with Crippen molar-refractivity contribution >= 4 is 46.7 Å². The van der Waals surface area contributed by atoms with Crippen molar-refractivity contribution in [2.24, 2.45) is 5.73 Å². The van der Waals surface area contributed by atoms with Crippen LogP contribution < -0.4 is 16.0 Å². The maximum atomic E-state index is 14.7. The molecule has 3 aromatic carbocycles. The number of anilines is 2. The molecule has 2 aliphatic rings. The van der Waals surface area contributed by atoms with Crippen LogP contribution in [0, 0.1) is 5.82 Å². The first-order valence-corrected chi connectivity index (χ1v) is 14.5. The summed E-state index contributed by atoms with van der Waals surface area (Å²) in [7, 11) is 0. The Labute approximate surface area is 261 Å². The maximum absolute atomic E-state index is 14.7. The summed E-state index contributed by atoms with van der Waals surface area (Å²) >= 11 is 5.92. The molecule has 12 nitrogen and oxygen atoms in total. The van der Waals surface area contributed by atoms with Crippen molar-refractivity contribution in [3.8, 4) is 5.69 Å². The number of nitrogens with zero attached hydrogens (tertiary/aromatic N) is 5. The average molecular weight is 632 g/mol. The van der Waals surface area contributed by atoms with E-state index in [1.165, 1.54) is 53.6 Å². The number of benzene rings is 3. The van der Waals surface area contributed by atoms with Gasteiger partial charge in [-0.2, -0.15) is 0 Å². The molecule has 2 aliphatic heterocycles. The summed E-state index contributed by atoms with van der Waals surface area (Å²) in [4.78, 5) is 55.2. The van der Waals surface area contributed by atoms with Crippen molar-refractivity contribution in [3.05, 3.63) is 100 Å². The number of carbonyl (C=O) groups is 4. The van der Waals surface area contributed by atoms with E-state index in [4.69, 9.17) is 17.3 Å². The van der Waals surface area contributed by atoms with E-state index in [-0.39, 0.29) is 34.4 Å². The van der Waals surface area contributed by atoms with Gasteiger partial charge >= 0.3 is 5.97 Å². The second kappa shape index (κ2) is 12.1. The summed E-state index contributed by atoms with van der Waals surface area (Å²) in [5.74, 6) is -3.26. The first kappa shape index (κ1) is 29.9. The lowest BCUT2D eigenvalue weighted by Crippen LogP contribution is -2.50. The molecule has 0 saturated carbocycles. The van der Waals surface area contributed by atoms with Crippen LogP contribution in [0.1, 0.15) is 50.9 Å². The number of hydrogen-bond donors (Lipinski definition) is 3. The number of aromatic nitrogens is 3. The molecule has 1 saturated heterocycles. The summed E-state index contributed by atoms with van der Waals surface area (Å²) in [6.45, 7) is 0.562. The molecular weight excluding hydrogens is 605 g/mol. The van der Waals surface area contributed by atoms with Crippen molar-refractivity contribution in [2.75, 3.05) is 23.3 Å². The number of carbonyl (C=O) groups excluding carboxylic acids is 3. The van der Waals surface area contributed by atoms with E-state index >= 15 is 0 Å². The van der Waals surface area contributed by atoms with Crippen LogP contribution in [-0.2, 0) is 16.0 Å². The number of hydrogen-bond acceptors (Lipinski definition) is 7. The lowest BCUT2D eigenvalue weighted by atomic mass is 9.89. The van der Waals surface area contributed by atoms with E-state index in [0.29, 0.717) is 36.3 Å². The van der Waals surface area contributed by atoms with Crippen LogP contribution in [0.4, 0.5) is 15.8 Å². The number of piperidine rings is 1. The molecule has 4 aromatic rings. The van der Waals surface area contributed by atoms with Gasteiger partial charge in [0.2, 0.25) is 5.91 Å². The number of rotatable bonds is 6. The predicted molar refractivity (Wildman–Crippen MR) is 162 cm³/mol. The first-order chi connectivity index (χ1) is 21.6. The van der Waals surface area contributed by atoms with E-state index in [1.54, 1.807) is 23.1 Å². The van der Waals surface area contributed by atoms with Gasteiger partial charge in [-0.05, 0) is 72.9 Å². The van der Waals surface area contributed by atoms with E-state index in [9.17, 15) is 28.7 Å². The monoisotopic (exact) mass is 631 g/mol. The molecular formula is C31H27ClFN7O5. The smallest absolute Gasteiger partial charge is 0.335 e. The standard InChI is InChI=1S/C31H27ClFN7O5/c32-21-5-2-8-25(26(21)33)40-16-23(36-37-40)30(43)39-15-13-19-20(4-1-7-24(19)38-14-3-6-22(34)29(38)42)27(39)28(41)35-18-11-9-17(10-12-18)31(44)45/h1-2,4-5,7-12,16,22,27H,3,6,13-15,34H2,(H,35,41)(H,44,45)/t22-,27?/m1/s1. The SMILES string of the molecule is N[C@@H]1CCCN(c2cccc3c2CCN(C(=O)c2cn(-c4cccc(Cl)c4F)nn2)C3C(=O)Nc2ccc(C(=O)O)cc2)C1=O. The molecule has 1 fully saturated rings. The van der Waals surface area contributed by atoms with Gasteiger partial charge in [0.1, 0.15) is 11.7 Å². The molecule has 0 radical (unpaired) electrons. The Bertz CT molecular complexity index is 1830. The van der Waals surface area contributed by atoms with Gasteiger partial charge in [0.05, 0.1) is 22.8 Å². The highest BCUT2D eigenvalue weighted by Gasteiger charge is 2.40. The molecule has 2 atom stereocenters. The van der Waals surface area contributed by atoms with Crippen molar-refractivity contribution < 1.29 is 28.7 Å². The normalized spacial score (nSPS) is 18.0. The number of fused-ring (bicyclic) bond motifs is 1. The van der Waals surface area contributed by atoms with Crippen LogP contribution in [0.25, 0.3) is 5.69 Å². The summed E-state index contributed by atoms with van der Waals surface area (Å²) in [6.07, 6.45) is 2.89. The molecule has 6 rings (SSSR count). The third kappa shape index (κ3) is 5.63. The van der Waals surface area contributed by atoms with Gasteiger partial charge in [0.15, 0.2) is 11.5 Å². The van der Waals surface area contributed by atoms with Gasteiger partial charge in [-0.15, -0.1) is 5.10 Å². The highest BCUT2D eigenvalue weighted by atomic mass is 35.5. The summed E-state index contributed by atoms with van der Waals surface area (Å²) in [6, 6.07) is 13.4. The Morgan fingerprint density at radius 3 is 2.51 bits per heavy atom. The topological polar surface area (TPSA) is 164 Å². The minimum atomic E-state index is -1.16. The number of amides is 3. The predicted octanol–water partition coefficient (Wildman–Crippen LogP) is 3.59. The average Bonchev–Trinajstić information content (AvgIpc) is 3.53. The number of carboxylic acids is 1.